The molecule has 0 saturated heterocycles. The average molecular weight is 231 g/mol. The standard InChI is InChI=1S/C13H16N3O/c1-15-9-10-16(11-15)8-4-7-14-13(17)12-5-2-3-6-12/h2-3,5-6,9-11H,4,7-8H2,1H3/p+1. The molecule has 1 aromatic heterocycles. The maximum atomic E-state index is 11.6. The first-order valence-corrected chi connectivity index (χ1v) is 5.76. The van der Waals surface area contributed by atoms with Gasteiger partial charge >= 0.3 is 0 Å². The van der Waals surface area contributed by atoms with Crippen LogP contribution in [0.25, 0.3) is 0 Å². The molecule has 5 radical (unpaired) electrons. The van der Waals surface area contributed by atoms with Crippen LogP contribution in [0.2, 0.25) is 0 Å². The molecule has 2 rings (SSSR count). The Kier molecular flexibility index (Phi) is 4.18. The number of carbonyl (C=O) groups excluding carboxylic acids is 1. The summed E-state index contributed by atoms with van der Waals surface area (Å²) in [6.45, 7) is 1.62. The Bertz CT molecular complexity index is 366. The van der Waals surface area contributed by atoms with E-state index in [9.17, 15) is 4.79 Å². The molecule has 0 unspecified atom stereocenters. The monoisotopic (exact) mass is 231 g/mol. The van der Waals surface area contributed by atoms with Crippen LogP contribution in [0.5, 0.6) is 0 Å². The molecule has 1 saturated carbocycles. The molecule has 0 atom stereocenters. The molecule has 4 heteroatoms. The lowest BCUT2D eigenvalue weighted by molar-refractivity contribution is -0.671. The smallest absolute Gasteiger partial charge is 0.243 e. The van der Waals surface area contributed by atoms with E-state index < -0.39 is 0 Å². The Morgan fingerprint density at radius 3 is 2.82 bits per heavy atom. The highest BCUT2D eigenvalue weighted by atomic mass is 16.1. The fourth-order valence-electron chi connectivity index (χ4n) is 1.72. The number of nitrogens with zero attached hydrogens (tertiary/aromatic N) is 2. The largest absolute Gasteiger partial charge is 0.355 e. The summed E-state index contributed by atoms with van der Waals surface area (Å²) in [5.74, 6) is 0.741. The molecular weight excluding hydrogens is 214 g/mol. The molecule has 0 bridgehead atoms. The molecule has 89 valence electrons. The quantitative estimate of drug-likeness (QED) is 0.571. The van der Waals surface area contributed by atoms with Crippen molar-refractivity contribution in [1.82, 2.24) is 9.88 Å². The molecule has 1 heterocycles. The first kappa shape index (κ1) is 12.1. The molecule has 1 aromatic rings. The van der Waals surface area contributed by atoms with Gasteiger partial charge in [-0.05, 0) is 25.7 Å². The van der Waals surface area contributed by atoms with Crippen LogP contribution >= 0.6 is 0 Å². The predicted octanol–water partition coefficient (Wildman–Crippen LogP) is 0.224. The van der Waals surface area contributed by atoms with Crippen molar-refractivity contribution in [2.24, 2.45) is 7.05 Å². The van der Waals surface area contributed by atoms with Gasteiger partial charge in [0.2, 0.25) is 12.2 Å². The van der Waals surface area contributed by atoms with Gasteiger partial charge in [0, 0.05) is 13.0 Å². The van der Waals surface area contributed by atoms with Gasteiger partial charge < -0.3 is 5.32 Å². The summed E-state index contributed by atoms with van der Waals surface area (Å²) < 4.78 is 4.11. The number of amides is 1. The van der Waals surface area contributed by atoms with Crippen molar-refractivity contribution in [3.63, 3.8) is 0 Å². The van der Waals surface area contributed by atoms with Gasteiger partial charge in [-0.1, -0.05) is 0 Å². The molecule has 1 fully saturated rings. The number of hydrogen-bond acceptors (Lipinski definition) is 1. The summed E-state index contributed by atoms with van der Waals surface area (Å²) in [4.78, 5) is 11.6. The van der Waals surface area contributed by atoms with E-state index in [1.165, 1.54) is 0 Å². The van der Waals surface area contributed by atoms with Gasteiger partial charge in [-0.2, -0.15) is 0 Å². The Morgan fingerprint density at radius 1 is 1.41 bits per heavy atom. The van der Waals surface area contributed by atoms with Crippen molar-refractivity contribution in [3.05, 3.63) is 50.3 Å². The van der Waals surface area contributed by atoms with Gasteiger partial charge in [-0.3, -0.25) is 4.79 Å². The first-order chi connectivity index (χ1) is 8.25. The number of aryl methyl sites for hydroxylation is 2. The molecule has 0 spiro atoms. The van der Waals surface area contributed by atoms with Crippen molar-refractivity contribution in [2.45, 2.75) is 13.0 Å². The minimum Gasteiger partial charge on any atom is -0.355 e. The third-order valence-corrected chi connectivity index (χ3v) is 2.63. The van der Waals surface area contributed by atoms with Gasteiger partial charge in [0.25, 0.3) is 0 Å². The molecule has 1 aliphatic carbocycles. The first-order valence-electron chi connectivity index (χ1n) is 5.76. The predicted molar refractivity (Wildman–Crippen MR) is 63.7 cm³/mol. The van der Waals surface area contributed by atoms with E-state index in [4.69, 9.17) is 0 Å². The second-order valence-electron chi connectivity index (χ2n) is 4.10. The molecular formula is C13H17N3O+. The highest BCUT2D eigenvalue weighted by molar-refractivity contribution is 5.95. The van der Waals surface area contributed by atoms with Gasteiger partial charge in [-0.15, -0.1) is 0 Å². The van der Waals surface area contributed by atoms with Gasteiger partial charge in [-0.25, -0.2) is 9.13 Å². The van der Waals surface area contributed by atoms with Crippen LogP contribution in [-0.2, 0) is 18.4 Å². The van der Waals surface area contributed by atoms with E-state index in [-0.39, 0.29) is 5.91 Å². The lowest BCUT2D eigenvalue weighted by Gasteiger charge is -2.08. The normalized spacial score (nSPS) is 16.3. The fourth-order valence-corrected chi connectivity index (χ4v) is 1.72. The number of nitrogens with one attached hydrogen (secondary N) is 1. The number of carbonyl (C=O) groups is 1. The summed E-state index contributed by atoms with van der Waals surface area (Å²) in [7, 11) is 1.99. The Hall–Kier alpha value is -1.32. The summed E-state index contributed by atoms with van der Waals surface area (Å²) in [5, 5.41) is 2.90. The van der Waals surface area contributed by atoms with Crippen LogP contribution < -0.4 is 9.88 Å². The molecule has 0 aromatic carbocycles. The maximum Gasteiger partial charge on any atom is 0.243 e. The van der Waals surface area contributed by atoms with Crippen molar-refractivity contribution >= 4 is 5.91 Å². The third-order valence-electron chi connectivity index (χ3n) is 2.63. The van der Waals surface area contributed by atoms with Crippen molar-refractivity contribution < 1.29 is 9.36 Å². The molecule has 17 heavy (non-hydrogen) atoms. The van der Waals surface area contributed by atoms with Crippen molar-refractivity contribution in [1.29, 1.82) is 0 Å². The Labute approximate surface area is 103 Å². The second-order valence-corrected chi connectivity index (χ2v) is 4.10. The van der Waals surface area contributed by atoms with E-state index in [2.05, 4.69) is 9.88 Å². The van der Waals surface area contributed by atoms with Crippen LogP contribution in [0.15, 0.2) is 18.7 Å². The van der Waals surface area contributed by atoms with Crippen LogP contribution in [0.3, 0.4) is 0 Å². The fraction of sp³-hybridized carbons (Fsp3) is 0.308. The number of hydrogen-bond donors (Lipinski definition) is 1. The van der Waals surface area contributed by atoms with E-state index in [1.807, 2.05) is 56.0 Å². The van der Waals surface area contributed by atoms with Crippen LogP contribution in [-0.4, -0.2) is 17.0 Å². The summed E-state index contributed by atoms with van der Waals surface area (Å²) >= 11 is 0. The van der Waals surface area contributed by atoms with Gasteiger partial charge in [0.15, 0.2) is 0 Å². The van der Waals surface area contributed by atoms with Gasteiger partial charge in [0.1, 0.15) is 12.4 Å². The SMILES string of the molecule is C[n+]1ccn(CCCNC(=O)[C]2[CH][CH][CH][CH]2)c1. The minimum atomic E-state index is 0.00746. The molecule has 0 aliphatic heterocycles. The van der Waals surface area contributed by atoms with Crippen LogP contribution in [0, 0.1) is 31.6 Å². The highest BCUT2D eigenvalue weighted by Crippen LogP contribution is 2.22. The van der Waals surface area contributed by atoms with Crippen molar-refractivity contribution in [2.75, 3.05) is 6.54 Å². The number of aromatic nitrogens is 2. The van der Waals surface area contributed by atoms with Crippen LogP contribution in [0.4, 0.5) is 0 Å². The zero-order chi connectivity index (χ0) is 12.1. The Morgan fingerprint density at radius 2 is 2.18 bits per heavy atom. The zero-order valence-electron chi connectivity index (χ0n) is 9.97. The lowest BCUT2D eigenvalue weighted by Crippen LogP contribution is -2.30. The van der Waals surface area contributed by atoms with Crippen LogP contribution in [0.1, 0.15) is 6.42 Å². The lowest BCUT2D eigenvalue weighted by atomic mass is 10.1. The highest BCUT2D eigenvalue weighted by Gasteiger charge is 2.23. The van der Waals surface area contributed by atoms with E-state index in [0.29, 0.717) is 6.54 Å². The summed E-state index contributed by atoms with van der Waals surface area (Å²) in [6, 6.07) is 0. The molecule has 1 amide bonds. The summed E-state index contributed by atoms with van der Waals surface area (Å²) in [5.41, 5.74) is 0. The number of rotatable bonds is 5. The summed E-state index contributed by atoms with van der Waals surface area (Å²) in [6.07, 6.45) is 14.4. The topological polar surface area (TPSA) is 37.9 Å². The van der Waals surface area contributed by atoms with E-state index in [1.54, 1.807) is 0 Å². The average Bonchev–Trinajstić information content (AvgIpc) is 2.95. The number of imidazole rings is 1. The van der Waals surface area contributed by atoms with E-state index in [0.717, 1.165) is 18.9 Å². The minimum absolute atomic E-state index is 0.00746. The maximum absolute atomic E-state index is 11.6. The zero-order valence-corrected chi connectivity index (χ0v) is 9.97. The third kappa shape index (κ3) is 3.58. The Balaban J connectivity index is 1.61. The van der Waals surface area contributed by atoms with Gasteiger partial charge in [0.05, 0.1) is 19.5 Å². The molecule has 4 nitrogen and oxygen atoms in total. The molecule has 1 N–H and O–H groups in total. The van der Waals surface area contributed by atoms with Crippen molar-refractivity contribution in [3.8, 4) is 0 Å². The molecule has 1 aliphatic rings. The second kappa shape index (κ2) is 5.84. The van der Waals surface area contributed by atoms with E-state index >= 15 is 0 Å².